The van der Waals surface area contributed by atoms with Crippen molar-refractivity contribution in [1.82, 2.24) is 14.1 Å². The van der Waals surface area contributed by atoms with E-state index >= 15 is 0 Å². The molecule has 0 saturated carbocycles. The molecule has 0 N–H and O–H groups in total. The van der Waals surface area contributed by atoms with Crippen molar-refractivity contribution in [3.05, 3.63) is 27.9 Å². The van der Waals surface area contributed by atoms with Gasteiger partial charge in [0.2, 0.25) is 0 Å². The lowest BCUT2D eigenvalue weighted by atomic mass is 10.4. The summed E-state index contributed by atoms with van der Waals surface area (Å²) in [6.07, 6.45) is 3.17. The molecule has 4 nitrogen and oxygen atoms in total. The molecule has 0 spiro atoms. The quantitative estimate of drug-likeness (QED) is 0.728. The number of hydrogen-bond donors (Lipinski definition) is 0. The molecule has 0 atom stereocenters. The maximum Gasteiger partial charge on any atom is 0.264 e. The fourth-order valence-corrected chi connectivity index (χ4v) is 1.61. The van der Waals surface area contributed by atoms with Crippen LogP contribution in [0.1, 0.15) is 27.7 Å². The van der Waals surface area contributed by atoms with E-state index in [1.165, 1.54) is 10.9 Å². The number of aryl methyl sites for hydroxylation is 2. The predicted octanol–water partition coefficient (Wildman–Crippen LogP) is 2.98. The van der Waals surface area contributed by atoms with Gasteiger partial charge in [0.1, 0.15) is 11.0 Å². The Bertz CT molecular complexity index is 528. The van der Waals surface area contributed by atoms with Crippen LogP contribution in [0, 0.1) is 0 Å². The van der Waals surface area contributed by atoms with Crippen molar-refractivity contribution in [3.63, 3.8) is 0 Å². The Labute approximate surface area is 107 Å². The molecule has 0 unspecified atom stereocenters. The van der Waals surface area contributed by atoms with Crippen LogP contribution in [0.15, 0.2) is 17.3 Å². The number of nitrogens with zero attached hydrogens (tertiary/aromatic N) is 3. The molecule has 2 rings (SSSR count). The summed E-state index contributed by atoms with van der Waals surface area (Å²) in [4.78, 5) is 15.7. The number of fused-ring (bicyclic) bond motifs is 1. The molecule has 2 aromatic rings. The summed E-state index contributed by atoms with van der Waals surface area (Å²) >= 11 is 5.88. The average Bonchev–Trinajstić information content (AvgIpc) is 2.65. The lowest BCUT2D eigenvalue weighted by Gasteiger charge is -1.96. The summed E-state index contributed by atoms with van der Waals surface area (Å²) < 4.78 is 3.15. The number of hydrogen-bond acceptors (Lipinski definition) is 2. The normalized spacial score (nSPS) is 9.12. The first-order valence-electron chi connectivity index (χ1n) is 5.77. The van der Waals surface area contributed by atoms with Crippen molar-refractivity contribution in [2.45, 2.75) is 27.7 Å². The van der Waals surface area contributed by atoms with Crippen LogP contribution in [-0.4, -0.2) is 14.1 Å². The molecule has 96 valence electrons. The van der Waals surface area contributed by atoms with E-state index in [4.69, 9.17) is 11.6 Å². The van der Waals surface area contributed by atoms with Gasteiger partial charge in [-0.1, -0.05) is 39.3 Å². The molecule has 17 heavy (non-hydrogen) atoms. The van der Waals surface area contributed by atoms with Gasteiger partial charge in [-0.25, -0.2) is 4.98 Å². The Kier molecular flexibility index (Phi) is 6.58. The van der Waals surface area contributed by atoms with Gasteiger partial charge in [-0.15, -0.1) is 0 Å². The van der Waals surface area contributed by atoms with Gasteiger partial charge in [0.15, 0.2) is 0 Å². The molecule has 0 fully saturated rings. The average molecular weight is 258 g/mol. The van der Waals surface area contributed by atoms with E-state index in [9.17, 15) is 4.79 Å². The molecule has 0 bridgehead atoms. The topological polar surface area (TPSA) is 39.8 Å². The molecule has 0 amide bonds. The minimum atomic E-state index is -0.115. The maximum atomic E-state index is 11.6. The molecule has 2 heterocycles. The Balaban J connectivity index is 0.000000581. The van der Waals surface area contributed by atoms with Crippen LogP contribution in [-0.2, 0) is 14.1 Å². The van der Waals surface area contributed by atoms with Gasteiger partial charge in [-0.2, -0.15) is 0 Å². The van der Waals surface area contributed by atoms with Crippen LogP contribution in [0.5, 0.6) is 0 Å². The van der Waals surface area contributed by atoms with Gasteiger partial charge in [0, 0.05) is 20.3 Å². The minimum absolute atomic E-state index is 0.115. The Morgan fingerprint density at radius 1 is 1.12 bits per heavy atom. The molecule has 0 aliphatic heterocycles. The summed E-state index contributed by atoms with van der Waals surface area (Å²) in [5, 5.41) is 0.931. The molecular weight excluding hydrogens is 238 g/mol. The SMILES string of the molecule is CC.CC.Cn1cnc2c(c(Cl)cn2C)c1=O. The second-order valence-electron chi connectivity index (χ2n) is 2.95. The number of rotatable bonds is 0. The molecule has 0 aliphatic carbocycles. The molecule has 2 aromatic heterocycles. The number of aromatic nitrogens is 3. The molecular formula is C12H20ClN3O. The van der Waals surface area contributed by atoms with E-state index in [0.29, 0.717) is 16.1 Å². The molecule has 0 saturated heterocycles. The highest BCUT2D eigenvalue weighted by Crippen LogP contribution is 2.19. The highest BCUT2D eigenvalue weighted by Gasteiger charge is 2.09. The minimum Gasteiger partial charge on any atom is -0.334 e. The van der Waals surface area contributed by atoms with Crippen LogP contribution in [0.25, 0.3) is 11.0 Å². The lowest BCUT2D eigenvalue weighted by Crippen LogP contribution is -2.16. The van der Waals surface area contributed by atoms with Crippen molar-refractivity contribution in [3.8, 4) is 0 Å². The van der Waals surface area contributed by atoms with E-state index in [2.05, 4.69) is 4.98 Å². The largest absolute Gasteiger partial charge is 0.334 e. The van der Waals surface area contributed by atoms with Crippen molar-refractivity contribution in [2.75, 3.05) is 0 Å². The van der Waals surface area contributed by atoms with Crippen LogP contribution >= 0.6 is 11.6 Å². The zero-order chi connectivity index (χ0) is 13.6. The second kappa shape index (κ2) is 7.12. The maximum absolute atomic E-state index is 11.6. The van der Waals surface area contributed by atoms with E-state index in [1.54, 1.807) is 24.9 Å². The van der Waals surface area contributed by atoms with Gasteiger partial charge >= 0.3 is 0 Å². The van der Waals surface area contributed by atoms with Crippen LogP contribution in [0.2, 0.25) is 5.02 Å². The Morgan fingerprint density at radius 3 is 2.18 bits per heavy atom. The Morgan fingerprint density at radius 2 is 1.65 bits per heavy atom. The highest BCUT2D eigenvalue weighted by atomic mass is 35.5. The first kappa shape index (κ1) is 15.7. The molecule has 0 aliphatic rings. The van der Waals surface area contributed by atoms with Crippen molar-refractivity contribution >= 4 is 22.6 Å². The highest BCUT2D eigenvalue weighted by molar-refractivity contribution is 6.35. The van der Waals surface area contributed by atoms with Gasteiger partial charge in [-0.3, -0.25) is 4.79 Å². The molecule has 5 heteroatoms. The van der Waals surface area contributed by atoms with E-state index in [1.807, 2.05) is 27.7 Å². The van der Waals surface area contributed by atoms with Crippen molar-refractivity contribution in [2.24, 2.45) is 14.1 Å². The predicted molar refractivity (Wildman–Crippen MR) is 73.7 cm³/mol. The van der Waals surface area contributed by atoms with Crippen molar-refractivity contribution in [1.29, 1.82) is 0 Å². The fourth-order valence-electron chi connectivity index (χ4n) is 1.30. The van der Waals surface area contributed by atoms with E-state index in [-0.39, 0.29) is 5.56 Å². The summed E-state index contributed by atoms with van der Waals surface area (Å²) in [5.74, 6) is 0. The Hall–Kier alpha value is -1.29. The molecule has 0 aromatic carbocycles. The third kappa shape index (κ3) is 3.09. The summed E-state index contributed by atoms with van der Waals surface area (Å²) in [7, 11) is 3.46. The van der Waals surface area contributed by atoms with Gasteiger partial charge in [0.25, 0.3) is 5.56 Å². The summed E-state index contributed by atoms with van der Waals surface area (Å²) in [5.41, 5.74) is 0.503. The monoisotopic (exact) mass is 257 g/mol. The van der Waals surface area contributed by atoms with E-state index < -0.39 is 0 Å². The fraction of sp³-hybridized carbons (Fsp3) is 0.500. The standard InChI is InChI=1S/C8H8ClN3O.2C2H6/c1-11-3-5(9)6-7(11)10-4-12(2)8(6)13;2*1-2/h3-4H,1-2H3;2*1-2H3. The first-order chi connectivity index (χ1) is 8.11. The van der Waals surface area contributed by atoms with Gasteiger partial charge in [-0.05, 0) is 0 Å². The van der Waals surface area contributed by atoms with Gasteiger partial charge in [0.05, 0.1) is 11.3 Å². The first-order valence-corrected chi connectivity index (χ1v) is 6.15. The third-order valence-corrected chi connectivity index (χ3v) is 2.28. The van der Waals surface area contributed by atoms with Gasteiger partial charge < -0.3 is 9.13 Å². The second-order valence-corrected chi connectivity index (χ2v) is 3.35. The van der Waals surface area contributed by atoms with E-state index in [0.717, 1.165) is 0 Å². The van der Waals surface area contributed by atoms with Crippen LogP contribution in [0.4, 0.5) is 0 Å². The lowest BCUT2D eigenvalue weighted by molar-refractivity contribution is 0.832. The smallest absolute Gasteiger partial charge is 0.264 e. The zero-order valence-corrected chi connectivity index (χ0v) is 12.0. The van der Waals surface area contributed by atoms with Crippen LogP contribution in [0.3, 0.4) is 0 Å². The number of halogens is 1. The van der Waals surface area contributed by atoms with Crippen molar-refractivity contribution < 1.29 is 0 Å². The summed E-state index contributed by atoms with van der Waals surface area (Å²) in [6, 6.07) is 0. The third-order valence-electron chi connectivity index (χ3n) is 1.99. The molecule has 0 radical (unpaired) electrons. The summed E-state index contributed by atoms with van der Waals surface area (Å²) in [6.45, 7) is 8.00. The van der Waals surface area contributed by atoms with Crippen LogP contribution < -0.4 is 5.56 Å². The zero-order valence-electron chi connectivity index (χ0n) is 11.3.